The number of aliphatic carboxylic acids is 1. The van der Waals surface area contributed by atoms with Gasteiger partial charge in [-0.25, -0.2) is 0 Å². The van der Waals surface area contributed by atoms with Crippen molar-refractivity contribution in [1.82, 2.24) is 10.3 Å². The molecule has 0 bridgehead atoms. The van der Waals surface area contributed by atoms with E-state index in [4.69, 9.17) is 4.74 Å². The van der Waals surface area contributed by atoms with Crippen LogP contribution in [0.1, 0.15) is 17.5 Å². The van der Waals surface area contributed by atoms with E-state index in [9.17, 15) is 9.90 Å². The van der Waals surface area contributed by atoms with Crippen LogP contribution in [0.5, 0.6) is 11.5 Å². The Balaban J connectivity index is 1.97. The number of aryl methyl sites for hydroxylation is 1. The number of carboxylic acid groups (broad SMARTS) is 1. The molecule has 2 rings (SSSR count). The topological polar surface area (TPSA) is 71.5 Å². The fourth-order valence-electron chi connectivity index (χ4n) is 2.26. The van der Waals surface area contributed by atoms with Gasteiger partial charge in [0.2, 0.25) is 0 Å². The highest BCUT2D eigenvalue weighted by atomic mass is 32.2. The highest BCUT2D eigenvalue weighted by molar-refractivity contribution is 7.98. The normalized spacial score (nSPS) is 11.9. The first-order valence-electron chi connectivity index (χ1n) is 7.72. The third kappa shape index (κ3) is 5.54. The molecule has 1 atom stereocenters. The van der Waals surface area contributed by atoms with Gasteiger partial charge in [0, 0.05) is 12.7 Å². The lowest BCUT2D eigenvalue weighted by Gasteiger charge is -2.15. The minimum absolute atomic E-state index is 0.513. The van der Waals surface area contributed by atoms with Crippen LogP contribution in [0.2, 0.25) is 0 Å². The van der Waals surface area contributed by atoms with Crippen molar-refractivity contribution in [1.29, 1.82) is 0 Å². The molecule has 0 fully saturated rings. The summed E-state index contributed by atoms with van der Waals surface area (Å²) in [6, 6.07) is 9.00. The molecule has 2 N–H and O–H groups in total. The fraction of sp³-hybridized carbons (Fsp3) is 0.333. The van der Waals surface area contributed by atoms with Crippen molar-refractivity contribution in [3.63, 3.8) is 0 Å². The van der Waals surface area contributed by atoms with Crippen LogP contribution >= 0.6 is 11.8 Å². The molecule has 5 nitrogen and oxygen atoms in total. The number of carboxylic acids is 1. The molecule has 0 unspecified atom stereocenters. The van der Waals surface area contributed by atoms with Crippen molar-refractivity contribution >= 4 is 17.7 Å². The Bertz CT molecular complexity index is 665. The summed E-state index contributed by atoms with van der Waals surface area (Å²) in [5, 5.41) is 12.3. The molecule has 1 aromatic heterocycles. The van der Waals surface area contributed by atoms with Crippen molar-refractivity contribution < 1.29 is 14.6 Å². The lowest BCUT2D eigenvalue weighted by Crippen LogP contribution is -2.36. The zero-order chi connectivity index (χ0) is 17.4. The molecule has 1 heterocycles. The number of thioether (sulfide) groups is 1. The van der Waals surface area contributed by atoms with Crippen molar-refractivity contribution in [3.05, 3.63) is 53.9 Å². The van der Waals surface area contributed by atoms with Gasteiger partial charge in [-0.15, -0.1) is 0 Å². The minimum Gasteiger partial charge on any atom is -0.480 e. The third-order valence-electron chi connectivity index (χ3n) is 3.56. The van der Waals surface area contributed by atoms with Crippen LogP contribution in [0, 0.1) is 6.92 Å². The number of nitrogens with zero attached hydrogens (tertiary/aromatic N) is 1. The minimum atomic E-state index is -0.808. The van der Waals surface area contributed by atoms with Crippen molar-refractivity contribution in [3.8, 4) is 11.5 Å². The summed E-state index contributed by atoms with van der Waals surface area (Å²) in [6.45, 7) is 2.48. The summed E-state index contributed by atoms with van der Waals surface area (Å²) >= 11 is 1.65. The second-order valence-electron chi connectivity index (χ2n) is 5.44. The van der Waals surface area contributed by atoms with Crippen LogP contribution in [0.3, 0.4) is 0 Å². The van der Waals surface area contributed by atoms with Crippen LogP contribution < -0.4 is 10.1 Å². The van der Waals surface area contributed by atoms with E-state index in [1.54, 1.807) is 24.2 Å². The highest BCUT2D eigenvalue weighted by Gasteiger charge is 2.16. The number of pyridine rings is 1. The van der Waals surface area contributed by atoms with Crippen LogP contribution in [-0.4, -0.2) is 34.1 Å². The number of benzene rings is 1. The number of aromatic nitrogens is 1. The van der Waals surface area contributed by atoms with E-state index in [1.807, 2.05) is 43.5 Å². The monoisotopic (exact) mass is 346 g/mol. The SMILES string of the molecule is CSCC[C@@H](NCc1ccc(Oc2cccnc2)c(C)c1)C(=O)O. The average molecular weight is 346 g/mol. The van der Waals surface area contributed by atoms with E-state index in [-0.39, 0.29) is 0 Å². The van der Waals surface area contributed by atoms with E-state index in [0.29, 0.717) is 18.7 Å². The Morgan fingerprint density at radius 2 is 2.25 bits per heavy atom. The van der Waals surface area contributed by atoms with Gasteiger partial charge in [-0.05, 0) is 54.7 Å². The van der Waals surface area contributed by atoms with Gasteiger partial charge in [0.25, 0.3) is 0 Å². The molecule has 0 aliphatic rings. The van der Waals surface area contributed by atoms with Gasteiger partial charge >= 0.3 is 5.97 Å². The summed E-state index contributed by atoms with van der Waals surface area (Å²) in [6.07, 6.45) is 5.95. The first-order chi connectivity index (χ1) is 11.6. The molecule has 0 aliphatic carbocycles. The predicted molar refractivity (Wildman–Crippen MR) is 96.8 cm³/mol. The Morgan fingerprint density at radius 1 is 1.42 bits per heavy atom. The molecule has 24 heavy (non-hydrogen) atoms. The summed E-state index contributed by atoms with van der Waals surface area (Å²) in [4.78, 5) is 15.3. The summed E-state index contributed by atoms with van der Waals surface area (Å²) in [7, 11) is 0. The highest BCUT2D eigenvalue weighted by Crippen LogP contribution is 2.25. The van der Waals surface area contributed by atoms with Crippen molar-refractivity contribution in [2.45, 2.75) is 25.9 Å². The number of rotatable bonds is 9. The fourth-order valence-corrected chi connectivity index (χ4v) is 2.73. The summed E-state index contributed by atoms with van der Waals surface area (Å²) < 4.78 is 5.80. The molecular formula is C18H22N2O3S. The summed E-state index contributed by atoms with van der Waals surface area (Å²) in [5.41, 5.74) is 2.02. The van der Waals surface area contributed by atoms with Crippen molar-refractivity contribution in [2.75, 3.05) is 12.0 Å². The summed E-state index contributed by atoms with van der Waals surface area (Å²) in [5.74, 6) is 1.47. The second-order valence-corrected chi connectivity index (χ2v) is 6.43. The molecule has 128 valence electrons. The van der Waals surface area contributed by atoms with Gasteiger partial charge in [-0.2, -0.15) is 11.8 Å². The molecule has 1 aromatic carbocycles. The molecule has 0 radical (unpaired) electrons. The van der Waals surface area contributed by atoms with E-state index >= 15 is 0 Å². The standard InChI is InChI=1S/C18H22N2O3S/c1-13-10-14(11-20-16(18(21)22)7-9-24-2)5-6-17(13)23-15-4-3-8-19-12-15/h3-6,8,10,12,16,20H,7,9,11H2,1-2H3,(H,21,22)/t16-/m1/s1. The van der Waals surface area contributed by atoms with Gasteiger partial charge < -0.3 is 15.2 Å². The number of ether oxygens (including phenoxy) is 1. The second kappa shape index (κ2) is 9.30. The van der Waals surface area contributed by atoms with Crippen LogP contribution in [0.25, 0.3) is 0 Å². The van der Waals surface area contributed by atoms with E-state index in [0.717, 1.165) is 22.6 Å². The first-order valence-corrected chi connectivity index (χ1v) is 9.12. The van der Waals surface area contributed by atoms with Crippen LogP contribution in [0.4, 0.5) is 0 Å². The Labute approximate surface area is 146 Å². The van der Waals surface area contributed by atoms with Gasteiger partial charge in [0.15, 0.2) is 0 Å². The Morgan fingerprint density at radius 3 is 2.88 bits per heavy atom. The average Bonchev–Trinajstić information content (AvgIpc) is 2.58. The predicted octanol–water partition coefficient (Wildman–Crippen LogP) is 3.48. The van der Waals surface area contributed by atoms with E-state index in [2.05, 4.69) is 10.3 Å². The Hall–Kier alpha value is -2.05. The number of hydrogen-bond donors (Lipinski definition) is 2. The Kier molecular flexibility index (Phi) is 7.08. The zero-order valence-corrected chi connectivity index (χ0v) is 14.7. The number of carbonyl (C=O) groups is 1. The molecule has 2 aromatic rings. The number of hydrogen-bond acceptors (Lipinski definition) is 5. The molecule has 0 aliphatic heterocycles. The van der Waals surface area contributed by atoms with Gasteiger partial charge in [0.05, 0.1) is 6.20 Å². The maximum absolute atomic E-state index is 11.3. The smallest absolute Gasteiger partial charge is 0.320 e. The molecule has 0 saturated carbocycles. The third-order valence-corrected chi connectivity index (χ3v) is 4.21. The maximum atomic E-state index is 11.3. The number of nitrogens with one attached hydrogen (secondary N) is 1. The molecule has 0 amide bonds. The maximum Gasteiger partial charge on any atom is 0.320 e. The van der Waals surface area contributed by atoms with E-state index < -0.39 is 12.0 Å². The molecular weight excluding hydrogens is 324 g/mol. The first kappa shape index (κ1) is 18.3. The van der Waals surface area contributed by atoms with Crippen LogP contribution in [0.15, 0.2) is 42.7 Å². The molecule has 0 saturated heterocycles. The van der Waals surface area contributed by atoms with Crippen molar-refractivity contribution in [2.24, 2.45) is 0 Å². The van der Waals surface area contributed by atoms with E-state index in [1.165, 1.54) is 0 Å². The molecule has 6 heteroatoms. The van der Waals surface area contributed by atoms with Gasteiger partial charge in [0.1, 0.15) is 17.5 Å². The molecule has 0 spiro atoms. The largest absolute Gasteiger partial charge is 0.480 e. The quantitative estimate of drug-likeness (QED) is 0.724. The van der Waals surface area contributed by atoms with Gasteiger partial charge in [-0.3, -0.25) is 9.78 Å². The van der Waals surface area contributed by atoms with Gasteiger partial charge in [-0.1, -0.05) is 12.1 Å². The van der Waals surface area contributed by atoms with Crippen LogP contribution in [-0.2, 0) is 11.3 Å². The zero-order valence-electron chi connectivity index (χ0n) is 13.9. The lowest BCUT2D eigenvalue weighted by atomic mass is 10.1. The lowest BCUT2D eigenvalue weighted by molar-refractivity contribution is -0.139.